The van der Waals surface area contributed by atoms with E-state index in [4.69, 9.17) is 0 Å². The first kappa shape index (κ1) is 12.3. The Kier molecular flexibility index (Phi) is 3.06. The number of nitrogens with zero attached hydrogens (tertiary/aromatic N) is 1. The Balaban J connectivity index is 2.33. The van der Waals surface area contributed by atoms with Gasteiger partial charge in [0.15, 0.2) is 0 Å². The van der Waals surface area contributed by atoms with Gasteiger partial charge in [0.25, 0.3) is 0 Å². The largest absolute Gasteiger partial charge is 0.416 e. The van der Waals surface area contributed by atoms with Crippen LogP contribution in [0.25, 0.3) is 0 Å². The third kappa shape index (κ3) is 2.56. The van der Waals surface area contributed by atoms with Gasteiger partial charge in [0.1, 0.15) is 0 Å². The van der Waals surface area contributed by atoms with Crippen molar-refractivity contribution < 1.29 is 13.2 Å². The third-order valence-electron chi connectivity index (χ3n) is 3.30. The second-order valence-corrected chi connectivity index (χ2v) is 4.84. The lowest BCUT2D eigenvalue weighted by atomic mass is 10.1. The van der Waals surface area contributed by atoms with Crippen molar-refractivity contribution in [3.05, 3.63) is 29.3 Å². The van der Waals surface area contributed by atoms with Crippen LogP contribution in [0.15, 0.2) is 18.2 Å². The molecule has 1 aliphatic rings. The number of hydrogen-bond donors (Lipinski definition) is 0. The monoisotopic (exact) mass is 243 g/mol. The molecule has 0 saturated carbocycles. The van der Waals surface area contributed by atoms with E-state index in [1.54, 1.807) is 6.07 Å². The van der Waals surface area contributed by atoms with Crippen LogP contribution in [-0.2, 0) is 6.18 Å². The second kappa shape index (κ2) is 4.24. The molecule has 0 amide bonds. The van der Waals surface area contributed by atoms with E-state index in [0.29, 0.717) is 5.92 Å². The lowest BCUT2D eigenvalue weighted by molar-refractivity contribution is -0.137. The second-order valence-electron chi connectivity index (χ2n) is 4.84. The van der Waals surface area contributed by atoms with Gasteiger partial charge in [-0.2, -0.15) is 13.2 Å². The minimum atomic E-state index is -4.26. The molecule has 0 N–H and O–H groups in total. The van der Waals surface area contributed by atoms with Gasteiger partial charge in [0.05, 0.1) is 5.56 Å². The SMILES string of the molecule is Cc1ccc(C(F)(F)F)cc1N1CCC(C)C1. The molecule has 1 fully saturated rings. The number of benzene rings is 1. The topological polar surface area (TPSA) is 3.24 Å². The zero-order chi connectivity index (χ0) is 12.6. The molecule has 1 unspecified atom stereocenters. The number of aryl methyl sites for hydroxylation is 1. The van der Waals surface area contributed by atoms with Crippen LogP contribution in [0.1, 0.15) is 24.5 Å². The van der Waals surface area contributed by atoms with Crippen molar-refractivity contribution >= 4 is 5.69 Å². The van der Waals surface area contributed by atoms with Gasteiger partial charge >= 0.3 is 6.18 Å². The summed E-state index contributed by atoms with van der Waals surface area (Å²) in [7, 11) is 0. The number of anilines is 1. The van der Waals surface area contributed by atoms with Crippen LogP contribution < -0.4 is 4.90 Å². The highest BCUT2D eigenvalue weighted by Crippen LogP contribution is 2.34. The highest BCUT2D eigenvalue weighted by Gasteiger charge is 2.31. The number of rotatable bonds is 1. The van der Waals surface area contributed by atoms with Crippen LogP contribution in [-0.4, -0.2) is 13.1 Å². The maximum atomic E-state index is 12.6. The molecule has 1 nitrogen and oxygen atoms in total. The van der Waals surface area contributed by atoms with E-state index in [9.17, 15) is 13.2 Å². The summed E-state index contributed by atoms with van der Waals surface area (Å²) < 4.78 is 37.9. The van der Waals surface area contributed by atoms with Gasteiger partial charge in [-0.15, -0.1) is 0 Å². The fourth-order valence-electron chi connectivity index (χ4n) is 2.28. The average Bonchev–Trinajstić information content (AvgIpc) is 2.63. The van der Waals surface area contributed by atoms with Crippen LogP contribution in [0.5, 0.6) is 0 Å². The first-order chi connectivity index (χ1) is 7.88. The summed E-state index contributed by atoms with van der Waals surface area (Å²) in [5.41, 5.74) is 1.08. The Morgan fingerprint density at radius 2 is 2.00 bits per heavy atom. The fourth-order valence-corrected chi connectivity index (χ4v) is 2.28. The molecule has 1 aromatic carbocycles. The van der Waals surface area contributed by atoms with Crippen LogP contribution in [0.2, 0.25) is 0 Å². The van der Waals surface area contributed by atoms with Crippen LogP contribution in [0, 0.1) is 12.8 Å². The molecule has 1 saturated heterocycles. The molecular formula is C13H16F3N. The highest BCUT2D eigenvalue weighted by molar-refractivity contribution is 5.56. The molecule has 94 valence electrons. The molecule has 17 heavy (non-hydrogen) atoms. The lowest BCUT2D eigenvalue weighted by Gasteiger charge is -2.22. The normalized spacial score (nSPS) is 21.0. The van der Waals surface area contributed by atoms with E-state index in [1.165, 1.54) is 6.07 Å². The van der Waals surface area contributed by atoms with Crippen molar-refractivity contribution in [2.75, 3.05) is 18.0 Å². The summed E-state index contributed by atoms with van der Waals surface area (Å²) in [5, 5.41) is 0. The van der Waals surface area contributed by atoms with Crippen molar-refractivity contribution in [3.63, 3.8) is 0 Å². The quantitative estimate of drug-likeness (QED) is 0.724. The maximum Gasteiger partial charge on any atom is 0.416 e. The predicted molar refractivity (Wildman–Crippen MR) is 62.2 cm³/mol. The van der Waals surface area contributed by atoms with Gasteiger partial charge < -0.3 is 4.90 Å². The van der Waals surface area contributed by atoms with Gasteiger partial charge in [-0.25, -0.2) is 0 Å². The third-order valence-corrected chi connectivity index (χ3v) is 3.30. The van der Waals surface area contributed by atoms with Crippen molar-refractivity contribution in [2.24, 2.45) is 5.92 Å². The number of hydrogen-bond acceptors (Lipinski definition) is 1. The Bertz CT molecular complexity index is 412. The summed E-state index contributed by atoms with van der Waals surface area (Å²) in [6, 6.07) is 3.98. The minimum absolute atomic E-state index is 0.558. The Morgan fingerprint density at radius 3 is 2.53 bits per heavy atom. The van der Waals surface area contributed by atoms with E-state index in [1.807, 2.05) is 6.92 Å². The molecule has 1 atom stereocenters. The molecule has 0 bridgehead atoms. The smallest absolute Gasteiger partial charge is 0.371 e. The summed E-state index contributed by atoms with van der Waals surface area (Å²) in [5.74, 6) is 0.559. The first-order valence-electron chi connectivity index (χ1n) is 5.80. The van der Waals surface area contributed by atoms with Crippen molar-refractivity contribution in [3.8, 4) is 0 Å². The fraction of sp³-hybridized carbons (Fsp3) is 0.538. The minimum Gasteiger partial charge on any atom is -0.371 e. The molecular weight excluding hydrogens is 227 g/mol. The maximum absolute atomic E-state index is 12.6. The zero-order valence-electron chi connectivity index (χ0n) is 10.0. The van der Waals surface area contributed by atoms with E-state index in [2.05, 4.69) is 11.8 Å². The van der Waals surface area contributed by atoms with Crippen LogP contribution >= 0.6 is 0 Å². The van der Waals surface area contributed by atoms with Crippen LogP contribution in [0.4, 0.5) is 18.9 Å². The molecule has 2 rings (SSSR count). The van der Waals surface area contributed by atoms with Gasteiger partial charge in [-0.3, -0.25) is 0 Å². The molecule has 0 radical (unpaired) electrons. The van der Waals surface area contributed by atoms with Gasteiger partial charge in [0, 0.05) is 18.8 Å². The van der Waals surface area contributed by atoms with Gasteiger partial charge in [0.2, 0.25) is 0 Å². The lowest BCUT2D eigenvalue weighted by Crippen LogP contribution is -2.20. The van der Waals surface area contributed by atoms with E-state index >= 15 is 0 Å². The average molecular weight is 243 g/mol. The Morgan fingerprint density at radius 1 is 1.29 bits per heavy atom. The predicted octanol–water partition coefficient (Wildman–Crippen LogP) is 3.86. The van der Waals surface area contributed by atoms with Gasteiger partial charge in [-0.1, -0.05) is 13.0 Å². The van der Waals surface area contributed by atoms with E-state index in [0.717, 1.165) is 36.8 Å². The number of alkyl halides is 3. The Labute approximate surface area is 99.2 Å². The van der Waals surface area contributed by atoms with Crippen molar-refractivity contribution in [1.29, 1.82) is 0 Å². The molecule has 0 spiro atoms. The zero-order valence-corrected chi connectivity index (χ0v) is 10.0. The summed E-state index contributed by atoms with van der Waals surface area (Å²) >= 11 is 0. The standard InChI is InChI=1S/C13H16F3N/c1-9-5-6-17(8-9)12-7-11(13(14,15)16)4-3-10(12)2/h3-4,7,9H,5-6,8H2,1-2H3. The summed E-state index contributed by atoms with van der Waals surface area (Å²) in [6.45, 7) is 5.69. The van der Waals surface area contributed by atoms with Crippen molar-refractivity contribution in [2.45, 2.75) is 26.4 Å². The molecule has 1 heterocycles. The molecule has 4 heteroatoms. The van der Waals surface area contributed by atoms with Gasteiger partial charge in [-0.05, 0) is 37.0 Å². The molecule has 1 aromatic rings. The summed E-state index contributed by atoms with van der Waals surface area (Å²) in [4.78, 5) is 2.05. The van der Waals surface area contributed by atoms with E-state index < -0.39 is 11.7 Å². The first-order valence-corrected chi connectivity index (χ1v) is 5.80. The highest BCUT2D eigenvalue weighted by atomic mass is 19.4. The number of halogens is 3. The molecule has 0 aromatic heterocycles. The van der Waals surface area contributed by atoms with Crippen LogP contribution in [0.3, 0.4) is 0 Å². The van der Waals surface area contributed by atoms with E-state index in [-0.39, 0.29) is 0 Å². The Hall–Kier alpha value is -1.19. The summed E-state index contributed by atoms with van der Waals surface area (Å²) in [6.07, 6.45) is -3.20. The van der Waals surface area contributed by atoms with Crippen molar-refractivity contribution in [1.82, 2.24) is 0 Å². The molecule has 0 aliphatic carbocycles. The molecule has 1 aliphatic heterocycles.